The largest absolute Gasteiger partial charge is 0.480 e. The van der Waals surface area contributed by atoms with Gasteiger partial charge in [0.15, 0.2) is 0 Å². The fraction of sp³-hybridized carbons (Fsp3) is 0.500. The third kappa shape index (κ3) is 6.48. The van der Waals surface area contributed by atoms with Gasteiger partial charge in [-0.15, -0.1) is 0 Å². The smallest absolute Gasteiger partial charge is 0.328 e. The highest BCUT2D eigenvalue weighted by molar-refractivity contribution is 5.94. The van der Waals surface area contributed by atoms with Crippen LogP contribution in [0.3, 0.4) is 0 Å². The molecule has 0 bridgehead atoms. The summed E-state index contributed by atoms with van der Waals surface area (Å²) in [6, 6.07) is 4.53. The van der Waals surface area contributed by atoms with E-state index < -0.39 is 61.1 Å². The second-order valence-corrected chi connectivity index (χ2v) is 7.31. The zero-order valence-electron chi connectivity index (χ0n) is 16.9. The van der Waals surface area contributed by atoms with Gasteiger partial charge in [0, 0.05) is 6.54 Å². The van der Waals surface area contributed by atoms with Crippen LogP contribution in [0.1, 0.15) is 18.4 Å². The van der Waals surface area contributed by atoms with Crippen molar-refractivity contribution in [3.8, 4) is 0 Å². The molecule has 0 aliphatic carbocycles. The van der Waals surface area contributed by atoms with Crippen molar-refractivity contribution in [1.82, 2.24) is 15.5 Å². The maximum atomic E-state index is 12.8. The molecule has 1 aliphatic rings. The quantitative estimate of drug-likeness (QED) is 0.234. The first-order chi connectivity index (χ1) is 14.8. The Morgan fingerprint density at radius 3 is 2.29 bits per heavy atom. The molecule has 3 amide bonds. The number of hydrogen-bond donors (Lipinski definition) is 6. The van der Waals surface area contributed by atoms with Crippen LogP contribution in [-0.4, -0.2) is 87.8 Å². The third-order valence-electron chi connectivity index (χ3n) is 5.07. The van der Waals surface area contributed by atoms with Crippen LogP contribution in [0.4, 0.5) is 0 Å². The van der Waals surface area contributed by atoms with Crippen molar-refractivity contribution in [2.45, 2.75) is 43.4 Å². The highest BCUT2D eigenvalue weighted by Gasteiger charge is 2.37. The predicted molar refractivity (Wildman–Crippen MR) is 109 cm³/mol. The molecular weight excluding hydrogens is 408 g/mol. The molecule has 4 atom stereocenters. The van der Waals surface area contributed by atoms with Crippen LogP contribution in [0, 0.1) is 0 Å². The van der Waals surface area contributed by atoms with Crippen LogP contribution in [0.2, 0.25) is 0 Å². The van der Waals surface area contributed by atoms with Crippen LogP contribution >= 0.6 is 0 Å². The Morgan fingerprint density at radius 1 is 1.06 bits per heavy atom. The highest BCUT2D eigenvalue weighted by Crippen LogP contribution is 2.19. The van der Waals surface area contributed by atoms with Gasteiger partial charge >= 0.3 is 5.97 Å². The molecule has 1 aliphatic heterocycles. The van der Waals surface area contributed by atoms with Gasteiger partial charge in [0.05, 0.1) is 19.3 Å². The first kappa shape index (κ1) is 24.3. The monoisotopic (exact) mass is 436 g/mol. The Hall–Kier alpha value is -3.02. The number of carboxylic acid groups (broad SMARTS) is 1. The minimum atomic E-state index is -1.57. The van der Waals surface area contributed by atoms with E-state index in [2.05, 4.69) is 5.32 Å². The van der Waals surface area contributed by atoms with Crippen molar-refractivity contribution in [3.05, 3.63) is 35.9 Å². The number of benzene rings is 1. The topological polar surface area (TPSA) is 182 Å². The average Bonchev–Trinajstić information content (AvgIpc) is 3.25. The molecule has 1 heterocycles. The van der Waals surface area contributed by atoms with E-state index in [1.165, 1.54) is 4.90 Å². The van der Waals surface area contributed by atoms with Crippen molar-refractivity contribution in [3.63, 3.8) is 0 Å². The number of aliphatic hydroxyl groups is 2. The van der Waals surface area contributed by atoms with E-state index >= 15 is 0 Å². The van der Waals surface area contributed by atoms with Gasteiger partial charge < -0.3 is 36.6 Å². The molecule has 0 radical (unpaired) electrons. The highest BCUT2D eigenvalue weighted by atomic mass is 16.4. The SMILES string of the molecule is NC(Cc1ccccc1)C(=O)N1CCCC1C(=O)NC(CO)C(=O)NC(CO)C(=O)O. The molecule has 170 valence electrons. The molecule has 0 aromatic heterocycles. The summed E-state index contributed by atoms with van der Waals surface area (Å²) in [5.41, 5.74) is 6.95. The van der Waals surface area contributed by atoms with E-state index in [4.69, 9.17) is 15.9 Å². The zero-order valence-corrected chi connectivity index (χ0v) is 16.9. The zero-order chi connectivity index (χ0) is 23.0. The molecule has 0 spiro atoms. The molecule has 1 saturated heterocycles. The maximum absolute atomic E-state index is 12.8. The number of carbonyl (C=O) groups excluding carboxylic acids is 3. The molecule has 1 aromatic carbocycles. The van der Waals surface area contributed by atoms with E-state index in [-0.39, 0.29) is 0 Å². The van der Waals surface area contributed by atoms with Crippen molar-refractivity contribution in [2.24, 2.45) is 5.73 Å². The lowest BCUT2D eigenvalue weighted by Gasteiger charge is -2.28. The molecule has 1 aromatic rings. The lowest BCUT2D eigenvalue weighted by Crippen LogP contribution is -2.58. The van der Waals surface area contributed by atoms with Crippen LogP contribution < -0.4 is 16.4 Å². The summed E-state index contributed by atoms with van der Waals surface area (Å²) in [6.45, 7) is -1.30. The van der Waals surface area contributed by atoms with Gasteiger partial charge in [-0.3, -0.25) is 14.4 Å². The summed E-state index contributed by atoms with van der Waals surface area (Å²) in [4.78, 5) is 50.0. The number of carbonyl (C=O) groups is 4. The van der Waals surface area contributed by atoms with Gasteiger partial charge in [-0.25, -0.2) is 4.79 Å². The van der Waals surface area contributed by atoms with Crippen LogP contribution in [0.5, 0.6) is 0 Å². The fourth-order valence-corrected chi connectivity index (χ4v) is 3.39. The molecule has 31 heavy (non-hydrogen) atoms. The summed E-state index contributed by atoms with van der Waals surface area (Å²) in [5, 5.41) is 31.7. The molecule has 4 unspecified atom stereocenters. The summed E-state index contributed by atoms with van der Waals surface area (Å²) in [6.07, 6.45) is 1.25. The first-order valence-electron chi connectivity index (χ1n) is 9.93. The number of amides is 3. The molecule has 11 heteroatoms. The van der Waals surface area contributed by atoms with Crippen molar-refractivity contribution < 1.29 is 34.5 Å². The van der Waals surface area contributed by atoms with E-state index in [1.54, 1.807) is 0 Å². The van der Waals surface area contributed by atoms with Crippen LogP contribution in [0.25, 0.3) is 0 Å². The first-order valence-corrected chi connectivity index (χ1v) is 9.93. The van der Waals surface area contributed by atoms with Gasteiger partial charge in [0.25, 0.3) is 0 Å². The number of aliphatic hydroxyl groups excluding tert-OH is 2. The minimum Gasteiger partial charge on any atom is -0.480 e. The molecule has 11 nitrogen and oxygen atoms in total. The Labute approximate surface area is 179 Å². The summed E-state index contributed by atoms with van der Waals surface area (Å²) in [7, 11) is 0. The van der Waals surface area contributed by atoms with E-state index in [9.17, 15) is 24.3 Å². The third-order valence-corrected chi connectivity index (χ3v) is 5.07. The van der Waals surface area contributed by atoms with Gasteiger partial charge in [-0.2, -0.15) is 0 Å². The molecule has 1 fully saturated rings. The standard InChI is InChI=1S/C20H28N4O7/c21-13(9-12-5-2-1-3-6-12)19(29)24-8-4-7-16(24)18(28)22-14(10-25)17(27)23-15(11-26)20(30)31/h1-3,5-6,13-16,25-26H,4,7-11,21H2,(H,22,28)(H,23,27)(H,30,31). The minimum absolute atomic E-state index is 0.309. The summed E-state index contributed by atoms with van der Waals surface area (Å²) >= 11 is 0. The summed E-state index contributed by atoms with van der Waals surface area (Å²) in [5.74, 6) is -3.46. The number of nitrogens with two attached hydrogens (primary N) is 1. The number of hydrogen-bond acceptors (Lipinski definition) is 7. The van der Waals surface area contributed by atoms with Crippen molar-refractivity contribution >= 4 is 23.7 Å². The normalized spacial score (nSPS) is 18.7. The Bertz CT molecular complexity index is 789. The Kier molecular flexibility index (Phi) is 8.91. The number of aliphatic carboxylic acids is 1. The number of carboxylic acids is 1. The number of nitrogens with one attached hydrogen (secondary N) is 2. The second-order valence-electron chi connectivity index (χ2n) is 7.31. The van der Waals surface area contributed by atoms with Crippen molar-refractivity contribution in [2.75, 3.05) is 19.8 Å². The van der Waals surface area contributed by atoms with Crippen LogP contribution in [-0.2, 0) is 25.6 Å². The second kappa shape index (κ2) is 11.4. The lowest BCUT2D eigenvalue weighted by molar-refractivity contribution is -0.144. The van der Waals surface area contributed by atoms with Crippen LogP contribution in [0.15, 0.2) is 30.3 Å². The van der Waals surface area contributed by atoms with Gasteiger partial charge in [0.2, 0.25) is 17.7 Å². The number of likely N-dealkylation sites (tertiary alicyclic amines) is 1. The van der Waals surface area contributed by atoms with Crippen molar-refractivity contribution in [1.29, 1.82) is 0 Å². The Balaban J connectivity index is 1.99. The molecule has 7 N–H and O–H groups in total. The lowest BCUT2D eigenvalue weighted by atomic mass is 10.0. The Morgan fingerprint density at radius 2 is 1.71 bits per heavy atom. The van der Waals surface area contributed by atoms with E-state index in [0.29, 0.717) is 25.8 Å². The van der Waals surface area contributed by atoms with Gasteiger partial charge in [-0.1, -0.05) is 30.3 Å². The van der Waals surface area contributed by atoms with Gasteiger partial charge in [0.1, 0.15) is 18.1 Å². The number of nitrogens with zero attached hydrogens (tertiary/aromatic N) is 1. The predicted octanol–water partition coefficient (Wildman–Crippen LogP) is -2.41. The van der Waals surface area contributed by atoms with E-state index in [0.717, 1.165) is 5.56 Å². The van der Waals surface area contributed by atoms with E-state index in [1.807, 2.05) is 35.6 Å². The fourth-order valence-electron chi connectivity index (χ4n) is 3.39. The summed E-state index contributed by atoms with van der Waals surface area (Å²) < 4.78 is 0. The molecule has 2 rings (SSSR count). The average molecular weight is 436 g/mol. The maximum Gasteiger partial charge on any atom is 0.328 e. The molecular formula is C20H28N4O7. The molecule has 0 saturated carbocycles. The number of rotatable bonds is 10. The van der Waals surface area contributed by atoms with Gasteiger partial charge in [-0.05, 0) is 24.8 Å².